The van der Waals surface area contributed by atoms with Crippen molar-refractivity contribution >= 4 is 11.5 Å². The molecule has 0 amide bonds. The van der Waals surface area contributed by atoms with Gasteiger partial charge in [0.25, 0.3) is 0 Å². The minimum absolute atomic E-state index is 0.0174. The lowest BCUT2D eigenvalue weighted by molar-refractivity contribution is 0.0999. The number of ether oxygens (including phenoxy) is 1. The molecule has 0 heterocycles. The smallest absolute Gasteiger partial charge is 0.182 e. The lowest BCUT2D eigenvalue weighted by Gasteiger charge is -2.22. The SMILES string of the molecule is CCN(CC(=O)c1ccc(OC)cc1)c1ccc(F)cc1. The Kier molecular flexibility index (Phi) is 4.93. The van der Waals surface area contributed by atoms with E-state index in [0.717, 1.165) is 11.4 Å². The number of hydrogen-bond acceptors (Lipinski definition) is 3. The molecule has 2 rings (SSSR count). The Balaban J connectivity index is 2.10. The fourth-order valence-electron chi connectivity index (χ4n) is 2.08. The first kappa shape index (κ1) is 15.0. The van der Waals surface area contributed by atoms with Gasteiger partial charge in [-0.3, -0.25) is 4.79 Å². The molecule has 3 nitrogen and oxygen atoms in total. The van der Waals surface area contributed by atoms with Crippen molar-refractivity contribution in [3.05, 3.63) is 59.9 Å². The minimum Gasteiger partial charge on any atom is -0.497 e. The summed E-state index contributed by atoms with van der Waals surface area (Å²) in [6.07, 6.45) is 0. The van der Waals surface area contributed by atoms with Gasteiger partial charge in [-0.05, 0) is 55.5 Å². The normalized spacial score (nSPS) is 10.2. The van der Waals surface area contributed by atoms with Crippen LogP contribution in [0.5, 0.6) is 5.75 Å². The van der Waals surface area contributed by atoms with Crippen LogP contribution in [0.15, 0.2) is 48.5 Å². The standard InChI is InChI=1S/C17H18FNO2/c1-3-19(15-8-6-14(18)7-9-15)12-17(20)13-4-10-16(21-2)11-5-13/h4-11H,3,12H2,1-2H3. The van der Waals surface area contributed by atoms with E-state index in [2.05, 4.69) is 0 Å². The summed E-state index contributed by atoms with van der Waals surface area (Å²) in [7, 11) is 1.59. The fraction of sp³-hybridized carbons (Fsp3) is 0.235. The predicted molar refractivity (Wildman–Crippen MR) is 81.6 cm³/mol. The number of rotatable bonds is 6. The van der Waals surface area contributed by atoms with Crippen molar-refractivity contribution in [1.82, 2.24) is 0 Å². The van der Waals surface area contributed by atoms with Crippen LogP contribution in [0.1, 0.15) is 17.3 Å². The van der Waals surface area contributed by atoms with Gasteiger partial charge < -0.3 is 9.64 Å². The van der Waals surface area contributed by atoms with E-state index in [0.29, 0.717) is 12.1 Å². The molecule has 0 aliphatic carbocycles. The summed E-state index contributed by atoms with van der Waals surface area (Å²) < 4.78 is 18.0. The van der Waals surface area contributed by atoms with Crippen LogP contribution in [0.3, 0.4) is 0 Å². The van der Waals surface area contributed by atoms with Gasteiger partial charge in [-0.1, -0.05) is 0 Å². The van der Waals surface area contributed by atoms with E-state index in [4.69, 9.17) is 4.74 Å². The highest BCUT2D eigenvalue weighted by Gasteiger charge is 2.12. The minimum atomic E-state index is -0.281. The highest BCUT2D eigenvalue weighted by molar-refractivity contribution is 5.99. The van der Waals surface area contributed by atoms with Crippen LogP contribution in [0.4, 0.5) is 10.1 Å². The van der Waals surface area contributed by atoms with Gasteiger partial charge >= 0.3 is 0 Å². The van der Waals surface area contributed by atoms with Gasteiger partial charge in [-0.2, -0.15) is 0 Å². The number of ketones is 1. The van der Waals surface area contributed by atoms with Crippen molar-refractivity contribution in [3.63, 3.8) is 0 Å². The zero-order valence-electron chi connectivity index (χ0n) is 12.2. The van der Waals surface area contributed by atoms with E-state index in [1.165, 1.54) is 12.1 Å². The van der Waals surface area contributed by atoms with Crippen LogP contribution in [0, 0.1) is 5.82 Å². The number of Topliss-reactive ketones (excluding diaryl/α,β-unsaturated/α-hetero) is 1. The summed E-state index contributed by atoms with van der Waals surface area (Å²) in [5.41, 5.74) is 1.47. The first-order valence-electron chi connectivity index (χ1n) is 6.81. The monoisotopic (exact) mass is 287 g/mol. The van der Waals surface area contributed by atoms with Gasteiger partial charge in [0.05, 0.1) is 13.7 Å². The molecular weight excluding hydrogens is 269 g/mol. The van der Waals surface area contributed by atoms with E-state index in [9.17, 15) is 9.18 Å². The van der Waals surface area contributed by atoms with Crippen LogP contribution >= 0.6 is 0 Å². The van der Waals surface area contributed by atoms with Crippen molar-refractivity contribution in [2.24, 2.45) is 0 Å². The van der Waals surface area contributed by atoms with Crippen molar-refractivity contribution in [2.75, 3.05) is 25.1 Å². The average Bonchev–Trinajstić information content (AvgIpc) is 2.53. The predicted octanol–water partition coefficient (Wildman–Crippen LogP) is 3.54. The Morgan fingerprint density at radius 2 is 1.71 bits per heavy atom. The molecule has 0 unspecified atom stereocenters. The molecule has 21 heavy (non-hydrogen) atoms. The fourth-order valence-corrected chi connectivity index (χ4v) is 2.08. The maximum absolute atomic E-state index is 13.0. The summed E-state index contributed by atoms with van der Waals surface area (Å²) in [4.78, 5) is 14.2. The zero-order chi connectivity index (χ0) is 15.2. The summed E-state index contributed by atoms with van der Waals surface area (Å²) >= 11 is 0. The molecule has 0 saturated carbocycles. The van der Waals surface area contributed by atoms with Crippen LogP contribution in [-0.4, -0.2) is 26.0 Å². The quantitative estimate of drug-likeness (QED) is 0.761. The second kappa shape index (κ2) is 6.88. The highest BCUT2D eigenvalue weighted by Crippen LogP contribution is 2.16. The number of benzene rings is 2. The van der Waals surface area contributed by atoms with Crippen molar-refractivity contribution in [2.45, 2.75) is 6.92 Å². The van der Waals surface area contributed by atoms with Crippen LogP contribution in [0.25, 0.3) is 0 Å². The van der Waals surface area contributed by atoms with Gasteiger partial charge in [-0.25, -0.2) is 4.39 Å². The Morgan fingerprint density at radius 1 is 1.10 bits per heavy atom. The number of carbonyl (C=O) groups is 1. The third kappa shape index (κ3) is 3.81. The number of anilines is 1. The molecule has 0 aromatic heterocycles. The first-order valence-corrected chi connectivity index (χ1v) is 6.81. The highest BCUT2D eigenvalue weighted by atomic mass is 19.1. The number of nitrogens with zero attached hydrogens (tertiary/aromatic N) is 1. The second-order valence-electron chi connectivity index (χ2n) is 4.64. The van der Waals surface area contributed by atoms with E-state index in [-0.39, 0.29) is 18.1 Å². The summed E-state index contributed by atoms with van der Waals surface area (Å²) in [5.74, 6) is 0.456. The third-order valence-electron chi connectivity index (χ3n) is 3.32. The zero-order valence-corrected chi connectivity index (χ0v) is 12.2. The number of likely N-dealkylation sites (N-methyl/N-ethyl adjacent to an activating group) is 1. The lowest BCUT2D eigenvalue weighted by Crippen LogP contribution is -2.29. The number of hydrogen-bond donors (Lipinski definition) is 0. The molecule has 0 radical (unpaired) electrons. The van der Waals surface area contributed by atoms with Gasteiger partial charge in [0, 0.05) is 17.8 Å². The molecule has 0 bridgehead atoms. The summed E-state index contributed by atoms with van der Waals surface area (Å²) in [6.45, 7) is 2.90. The molecule has 0 fully saturated rings. The number of halogens is 1. The van der Waals surface area contributed by atoms with Gasteiger partial charge in [0.15, 0.2) is 5.78 Å². The summed E-state index contributed by atoms with van der Waals surface area (Å²) in [6, 6.07) is 13.2. The van der Waals surface area contributed by atoms with Gasteiger partial charge in [0.2, 0.25) is 0 Å². The van der Waals surface area contributed by atoms with Crippen LogP contribution in [0.2, 0.25) is 0 Å². The molecule has 4 heteroatoms. The van der Waals surface area contributed by atoms with Crippen molar-refractivity contribution in [3.8, 4) is 5.75 Å². The molecule has 0 aliphatic rings. The topological polar surface area (TPSA) is 29.5 Å². The van der Waals surface area contributed by atoms with E-state index < -0.39 is 0 Å². The number of carbonyl (C=O) groups excluding carboxylic acids is 1. The summed E-state index contributed by atoms with van der Waals surface area (Å²) in [5, 5.41) is 0. The van der Waals surface area contributed by atoms with Crippen LogP contribution in [-0.2, 0) is 0 Å². The molecule has 0 saturated heterocycles. The van der Waals surface area contributed by atoms with Crippen molar-refractivity contribution in [1.29, 1.82) is 0 Å². The van der Waals surface area contributed by atoms with Gasteiger partial charge in [0.1, 0.15) is 11.6 Å². The Morgan fingerprint density at radius 3 is 2.24 bits per heavy atom. The molecule has 0 N–H and O–H groups in total. The lowest BCUT2D eigenvalue weighted by atomic mass is 10.1. The van der Waals surface area contributed by atoms with E-state index >= 15 is 0 Å². The third-order valence-corrected chi connectivity index (χ3v) is 3.32. The Labute approximate surface area is 124 Å². The molecule has 2 aromatic rings. The van der Waals surface area contributed by atoms with Crippen LogP contribution < -0.4 is 9.64 Å². The molecule has 110 valence electrons. The maximum Gasteiger partial charge on any atom is 0.182 e. The molecule has 0 aliphatic heterocycles. The second-order valence-corrected chi connectivity index (χ2v) is 4.64. The molecule has 0 atom stereocenters. The number of methoxy groups -OCH3 is 1. The Bertz CT molecular complexity index is 593. The Hall–Kier alpha value is -2.36. The van der Waals surface area contributed by atoms with Gasteiger partial charge in [-0.15, -0.1) is 0 Å². The van der Waals surface area contributed by atoms with E-state index in [1.54, 1.807) is 43.5 Å². The first-order chi connectivity index (χ1) is 10.1. The molecular formula is C17H18FNO2. The molecule has 2 aromatic carbocycles. The molecule has 0 spiro atoms. The largest absolute Gasteiger partial charge is 0.497 e. The van der Waals surface area contributed by atoms with E-state index in [1.807, 2.05) is 11.8 Å². The maximum atomic E-state index is 13.0. The average molecular weight is 287 g/mol. The van der Waals surface area contributed by atoms with Crippen molar-refractivity contribution < 1.29 is 13.9 Å².